The van der Waals surface area contributed by atoms with E-state index < -0.39 is 0 Å². The molecule has 0 amide bonds. The van der Waals surface area contributed by atoms with Crippen molar-refractivity contribution >= 4 is 24.3 Å². The molecule has 0 radical (unpaired) electrons. The predicted molar refractivity (Wildman–Crippen MR) is 57.7 cm³/mol. The van der Waals surface area contributed by atoms with Gasteiger partial charge < -0.3 is 5.32 Å². The molecule has 0 atom stereocenters. The molecule has 0 unspecified atom stereocenters. The lowest BCUT2D eigenvalue weighted by Crippen LogP contribution is -2.13. The lowest BCUT2D eigenvalue weighted by Gasteiger charge is -2.16. The van der Waals surface area contributed by atoms with Gasteiger partial charge in [0.25, 0.3) is 0 Å². The highest BCUT2D eigenvalue weighted by molar-refractivity contribution is 6.08. The van der Waals surface area contributed by atoms with Gasteiger partial charge >= 0.3 is 0 Å². The molecule has 0 aliphatic carbocycles. The summed E-state index contributed by atoms with van der Waals surface area (Å²) in [7, 11) is 0. The molecule has 3 nitrogen and oxygen atoms in total. The van der Waals surface area contributed by atoms with E-state index in [0.29, 0.717) is 18.3 Å². The van der Waals surface area contributed by atoms with Gasteiger partial charge in [-0.1, -0.05) is 24.3 Å². The zero-order valence-corrected chi connectivity index (χ0v) is 7.94. The third-order valence-electron chi connectivity index (χ3n) is 2.26. The highest BCUT2D eigenvalue weighted by atomic mass is 16.1. The van der Waals surface area contributed by atoms with Crippen LogP contribution in [-0.2, 0) is 9.59 Å². The van der Waals surface area contributed by atoms with Crippen molar-refractivity contribution < 1.29 is 9.59 Å². The summed E-state index contributed by atoms with van der Waals surface area (Å²) in [6.45, 7) is 0. The molecule has 2 rings (SSSR count). The summed E-state index contributed by atoms with van der Waals surface area (Å²) >= 11 is 0. The number of hydrogen-bond acceptors (Lipinski definition) is 3. The Kier molecular flexibility index (Phi) is 2.46. The molecular weight excluding hydrogens is 190 g/mol. The Morgan fingerprint density at radius 2 is 1.87 bits per heavy atom. The number of benzene rings is 1. The van der Waals surface area contributed by atoms with Gasteiger partial charge in [-0.3, -0.25) is 9.59 Å². The van der Waals surface area contributed by atoms with Gasteiger partial charge in [0.15, 0.2) is 12.6 Å². The van der Waals surface area contributed by atoms with E-state index in [2.05, 4.69) is 5.32 Å². The highest BCUT2D eigenvalue weighted by Gasteiger charge is 2.12. The van der Waals surface area contributed by atoms with Crippen molar-refractivity contribution in [2.24, 2.45) is 0 Å². The average molecular weight is 199 g/mol. The van der Waals surface area contributed by atoms with E-state index in [0.717, 1.165) is 11.1 Å². The van der Waals surface area contributed by atoms with Crippen LogP contribution in [-0.4, -0.2) is 12.6 Å². The molecule has 1 aliphatic rings. The second kappa shape index (κ2) is 3.92. The first-order valence-corrected chi connectivity index (χ1v) is 4.54. The molecule has 0 bridgehead atoms. The summed E-state index contributed by atoms with van der Waals surface area (Å²) in [5, 5.41) is 2.91. The summed E-state index contributed by atoms with van der Waals surface area (Å²) in [6, 6.07) is 7.58. The van der Waals surface area contributed by atoms with Gasteiger partial charge in [0.2, 0.25) is 0 Å². The number of rotatable bonds is 2. The van der Waals surface area contributed by atoms with Gasteiger partial charge in [-0.25, -0.2) is 0 Å². The quantitative estimate of drug-likeness (QED) is 0.338. The molecule has 1 aromatic carbocycles. The number of carbonyl (C=O) groups is 2. The number of aldehydes is 2. The molecule has 0 aromatic heterocycles. The topological polar surface area (TPSA) is 46.2 Å². The lowest BCUT2D eigenvalue weighted by molar-refractivity contribution is -0.109. The SMILES string of the molecule is O=CC(C=O)=C1NC=Cc2ccccc21. The average Bonchev–Trinajstić information content (AvgIpc) is 2.31. The Balaban J connectivity index is 2.64. The van der Waals surface area contributed by atoms with Crippen LogP contribution in [0.4, 0.5) is 0 Å². The first-order chi connectivity index (χ1) is 7.36. The largest absolute Gasteiger partial charge is 0.360 e. The van der Waals surface area contributed by atoms with Gasteiger partial charge in [-0.05, 0) is 11.6 Å². The van der Waals surface area contributed by atoms with Crippen LogP contribution in [0.25, 0.3) is 11.8 Å². The smallest absolute Gasteiger partial charge is 0.155 e. The fourth-order valence-corrected chi connectivity index (χ4v) is 1.55. The summed E-state index contributed by atoms with van der Waals surface area (Å²) in [5.74, 6) is 0. The third-order valence-corrected chi connectivity index (χ3v) is 2.26. The molecule has 0 saturated carbocycles. The Labute approximate surface area is 87.1 Å². The summed E-state index contributed by atoms with van der Waals surface area (Å²) in [6.07, 6.45) is 4.73. The Morgan fingerprint density at radius 1 is 1.13 bits per heavy atom. The van der Waals surface area contributed by atoms with E-state index in [1.54, 1.807) is 6.20 Å². The highest BCUT2D eigenvalue weighted by Crippen LogP contribution is 2.23. The van der Waals surface area contributed by atoms with Crippen molar-refractivity contribution in [2.75, 3.05) is 0 Å². The molecule has 0 fully saturated rings. The minimum absolute atomic E-state index is 0.131. The second-order valence-corrected chi connectivity index (χ2v) is 3.13. The first kappa shape index (κ1) is 9.40. The van der Waals surface area contributed by atoms with Crippen molar-refractivity contribution in [1.29, 1.82) is 0 Å². The standard InChI is InChI=1S/C12H9NO2/c14-7-10(8-15)12-11-4-2-1-3-9(11)5-6-13-12/h1-8,13H. The van der Waals surface area contributed by atoms with Gasteiger partial charge in [0.05, 0.1) is 11.3 Å². The number of nitrogens with one attached hydrogen (secondary N) is 1. The number of allylic oxidation sites excluding steroid dienone is 1. The van der Waals surface area contributed by atoms with E-state index in [9.17, 15) is 9.59 Å². The molecule has 1 aliphatic heterocycles. The van der Waals surface area contributed by atoms with E-state index in [1.165, 1.54) is 0 Å². The maximum atomic E-state index is 10.7. The minimum Gasteiger partial charge on any atom is -0.360 e. The molecule has 15 heavy (non-hydrogen) atoms. The van der Waals surface area contributed by atoms with E-state index >= 15 is 0 Å². The molecule has 0 saturated heterocycles. The predicted octanol–water partition coefficient (Wildman–Crippen LogP) is 1.37. The molecule has 0 spiro atoms. The van der Waals surface area contributed by atoms with Crippen LogP contribution in [0.15, 0.2) is 36.0 Å². The van der Waals surface area contributed by atoms with Crippen LogP contribution >= 0.6 is 0 Å². The van der Waals surface area contributed by atoms with Crippen molar-refractivity contribution in [3.63, 3.8) is 0 Å². The molecule has 1 heterocycles. The van der Waals surface area contributed by atoms with Crippen LogP contribution in [0.1, 0.15) is 11.1 Å². The van der Waals surface area contributed by atoms with Crippen LogP contribution in [0.5, 0.6) is 0 Å². The fraction of sp³-hybridized carbons (Fsp3) is 0. The number of fused-ring (bicyclic) bond motifs is 1. The number of hydrogen-bond donors (Lipinski definition) is 1. The molecule has 3 heteroatoms. The number of carbonyl (C=O) groups excluding carboxylic acids is 2. The maximum absolute atomic E-state index is 10.7. The van der Waals surface area contributed by atoms with Crippen LogP contribution in [0.2, 0.25) is 0 Å². The minimum atomic E-state index is 0.131. The van der Waals surface area contributed by atoms with Crippen molar-refractivity contribution in [3.8, 4) is 0 Å². The van der Waals surface area contributed by atoms with Crippen LogP contribution in [0.3, 0.4) is 0 Å². The molecule has 74 valence electrons. The molecule has 1 aromatic rings. The lowest BCUT2D eigenvalue weighted by atomic mass is 9.99. The zero-order valence-electron chi connectivity index (χ0n) is 7.94. The summed E-state index contributed by atoms with van der Waals surface area (Å²) in [5.41, 5.74) is 2.56. The van der Waals surface area contributed by atoms with Gasteiger partial charge in [-0.15, -0.1) is 0 Å². The Bertz CT molecular complexity index is 462. The van der Waals surface area contributed by atoms with Crippen LogP contribution < -0.4 is 5.32 Å². The monoisotopic (exact) mass is 199 g/mol. The van der Waals surface area contributed by atoms with Gasteiger partial charge in [-0.2, -0.15) is 0 Å². The van der Waals surface area contributed by atoms with E-state index in [1.807, 2.05) is 30.3 Å². The third kappa shape index (κ3) is 1.59. The maximum Gasteiger partial charge on any atom is 0.155 e. The van der Waals surface area contributed by atoms with Gasteiger partial charge in [0, 0.05) is 11.8 Å². The summed E-state index contributed by atoms with van der Waals surface area (Å²) < 4.78 is 0. The fourth-order valence-electron chi connectivity index (χ4n) is 1.55. The summed E-state index contributed by atoms with van der Waals surface area (Å²) in [4.78, 5) is 21.4. The zero-order chi connectivity index (χ0) is 10.7. The second-order valence-electron chi connectivity index (χ2n) is 3.13. The Morgan fingerprint density at radius 3 is 2.60 bits per heavy atom. The molecular formula is C12H9NO2. The Hall–Kier alpha value is -2.16. The van der Waals surface area contributed by atoms with Crippen molar-refractivity contribution in [3.05, 3.63) is 47.2 Å². The normalized spacial score (nSPS) is 12.7. The van der Waals surface area contributed by atoms with Crippen molar-refractivity contribution in [1.82, 2.24) is 5.32 Å². The first-order valence-electron chi connectivity index (χ1n) is 4.54. The van der Waals surface area contributed by atoms with Gasteiger partial charge in [0.1, 0.15) is 0 Å². The van der Waals surface area contributed by atoms with Crippen molar-refractivity contribution in [2.45, 2.75) is 0 Å². The van der Waals surface area contributed by atoms with E-state index in [4.69, 9.17) is 0 Å². The molecule has 1 N–H and O–H groups in total. The van der Waals surface area contributed by atoms with E-state index in [-0.39, 0.29) is 5.57 Å². The van der Waals surface area contributed by atoms with Crippen LogP contribution in [0, 0.1) is 0 Å².